The second-order valence-corrected chi connectivity index (χ2v) is 7.49. The van der Waals surface area contributed by atoms with Gasteiger partial charge in [0.25, 0.3) is 0 Å². The van der Waals surface area contributed by atoms with Crippen LogP contribution in [0.25, 0.3) is 0 Å². The summed E-state index contributed by atoms with van der Waals surface area (Å²) in [6.45, 7) is 10.4. The number of carbonyl (C=O) groups is 1. The van der Waals surface area contributed by atoms with Gasteiger partial charge in [0.1, 0.15) is 18.1 Å². The Labute approximate surface area is 144 Å². The molecule has 1 heterocycles. The van der Waals surface area contributed by atoms with Crippen molar-refractivity contribution in [3.05, 3.63) is 50.9 Å². The van der Waals surface area contributed by atoms with Crippen LogP contribution < -0.4 is 4.74 Å². The fourth-order valence-corrected chi connectivity index (χ4v) is 2.63. The maximum absolute atomic E-state index is 11.0. The highest BCUT2D eigenvalue weighted by molar-refractivity contribution is 9.10. The van der Waals surface area contributed by atoms with Gasteiger partial charge in [-0.25, -0.2) is 4.79 Å². The molecule has 1 aromatic heterocycles. The summed E-state index contributed by atoms with van der Waals surface area (Å²) >= 11 is 3.56. The van der Waals surface area contributed by atoms with Gasteiger partial charge in [-0.2, -0.15) is 0 Å². The molecule has 4 nitrogen and oxygen atoms in total. The Bertz CT molecular complexity index is 738. The first-order valence-corrected chi connectivity index (χ1v) is 8.15. The lowest BCUT2D eigenvalue weighted by Gasteiger charge is -2.24. The molecule has 0 radical (unpaired) electrons. The van der Waals surface area contributed by atoms with Crippen molar-refractivity contribution in [1.82, 2.24) is 0 Å². The molecule has 1 N–H and O–H groups in total. The van der Waals surface area contributed by atoms with E-state index in [-0.39, 0.29) is 17.8 Å². The Morgan fingerprint density at radius 3 is 2.43 bits per heavy atom. The van der Waals surface area contributed by atoms with Crippen LogP contribution in [0.2, 0.25) is 0 Å². The summed E-state index contributed by atoms with van der Waals surface area (Å²) in [4.78, 5) is 11.0. The molecule has 0 aliphatic rings. The van der Waals surface area contributed by atoms with Crippen molar-refractivity contribution in [2.24, 2.45) is 0 Å². The van der Waals surface area contributed by atoms with E-state index in [9.17, 15) is 4.79 Å². The molecular weight excluding hydrogens is 360 g/mol. The van der Waals surface area contributed by atoms with Crippen LogP contribution in [0.3, 0.4) is 0 Å². The minimum Gasteiger partial charge on any atom is -0.488 e. The second-order valence-electron chi connectivity index (χ2n) is 6.63. The maximum Gasteiger partial charge on any atom is 0.371 e. The van der Waals surface area contributed by atoms with Crippen molar-refractivity contribution in [2.75, 3.05) is 0 Å². The predicted molar refractivity (Wildman–Crippen MR) is 92.3 cm³/mol. The molecule has 0 atom stereocenters. The van der Waals surface area contributed by atoms with E-state index < -0.39 is 5.97 Å². The number of ether oxygens (including phenoxy) is 1. The van der Waals surface area contributed by atoms with Crippen LogP contribution in [0.15, 0.2) is 27.1 Å². The van der Waals surface area contributed by atoms with Crippen molar-refractivity contribution < 1.29 is 19.1 Å². The molecule has 0 spiro atoms. The van der Waals surface area contributed by atoms with Crippen molar-refractivity contribution >= 4 is 21.9 Å². The van der Waals surface area contributed by atoms with Crippen LogP contribution in [0, 0.1) is 13.8 Å². The number of aromatic carboxylic acids is 1. The minimum absolute atomic E-state index is 0.0656. The normalized spacial score (nSPS) is 11.6. The third-order valence-corrected chi connectivity index (χ3v) is 4.54. The molecule has 5 heteroatoms. The summed E-state index contributed by atoms with van der Waals surface area (Å²) in [5.74, 6) is 0.225. The van der Waals surface area contributed by atoms with E-state index in [0.717, 1.165) is 26.9 Å². The quantitative estimate of drug-likeness (QED) is 0.788. The second kappa shape index (κ2) is 6.40. The lowest BCUT2D eigenvalue weighted by Crippen LogP contribution is -2.14. The zero-order valence-corrected chi connectivity index (χ0v) is 15.6. The number of rotatable bonds is 4. The average Bonchev–Trinajstić information content (AvgIpc) is 2.80. The molecule has 0 aliphatic heterocycles. The summed E-state index contributed by atoms with van der Waals surface area (Å²) in [6, 6.07) is 5.59. The van der Waals surface area contributed by atoms with Gasteiger partial charge < -0.3 is 14.3 Å². The Hall–Kier alpha value is -1.75. The molecule has 23 heavy (non-hydrogen) atoms. The third kappa shape index (κ3) is 3.96. The van der Waals surface area contributed by atoms with Gasteiger partial charge in [0.15, 0.2) is 0 Å². The molecule has 0 saturated heterocycles. The zero-order valence-electron chi connectivity index (χ0n) is 14.0. The number of hydrogen-bond donors (Lipinski definition) is 1. The zero-order chi connectivity index (χ0) is 17.4. The van der Waals surface area contributed by atoms with Gasteiger partial charge in [-0.3, -0.25) is 0 Å². The summed E-state index contributed by atoms with van der Waals surface area (Å²) in [5.41, 5.74) is 2.85. The van der Waals surface area contributed by atoms with E-state index in [1.54, 1.807) is 6.92 Å². The Morgan fingerprint density at radius 2 is 1.91 bits per heavy atom. The van der Waals surface area contributed by atoms with Crippen molar-refractivity contribution in [3.8, 4) is 5.75 Å². The molecule has 0 amide bonds. The molecule has 0 aliphatic carbocycles. The molecular formula is C18H21BrO4. The molecule has 1 aromatic carbocycles. The van der Waals surface area contributed by atoms with Gasteiger partial charge in [-0.05, 0) is 43.0 Å². The Balaban J connectivity index is 2.30. The molecule has 0 fully saturated rings. The molecule has 124 valence electrons. The largest absolute Gasteiger partial charge is 0.488 e. The highest BCUT2D eigenvalue weighted by atomic mass is 79.9. The van der Waals surface area contributed by atoms with Gasteiger partial charge in [0.05, 0.1) is 0 Å². The summed E-state index contributed by atoms with van der Waals surface area (Å²) in [6.07, 6.45) is 0. The van der Waals surface area contributed by atoms with E-state index >= 15 is 0 Å². The molecule has 2 aromatic rings. The lowest BCUT2D eigenvalue weighted by molar-refractivity contribution is 0.0661. The number of carboxylic acid groups (broad SMARTS) is 1. The fourth-order valence-electron chi connectivity index (χ4n) is 2.28. The topological polar surface area (TPSA) is 59.7 Å². The van der Waals surface area contributed by atoms with Crippen molar-refractivity contribution in [2.45, 2.75) is 46.6 Å². The fraction of sp³-hybridized carbons (Fsp3) is 0.389. The van der Waals surface area contributed by atoms with Crippen molar-refractivity contribution in [1.29, 1.82) is 0 Å². The molecule has 2 rings (SSSR count). The van der Waals surface area contributed by atoms with Crippen LogP contribution in [0.1, 0.15) is 53.8 Å². The van der Waals surface area contributed by atoms with Crippen LogP contribution in [-0.2, 0) is 12.0 Å². The molecule has 0 bridgehead atoms. The number of halogens is 1. The monoisotopic (exact) mass is 380 g/mol. The van der Waals surface area contributed by atoms with E-state index in [2.05, 4.69) is 42.8 Å². The Kier molecular flexibility index (Phi) is 4.90. The van der Waals surface area contributed by atoms with E-state index in [4.69, 9.17) is 14.3 Å². The molecule has 0 saturated carbocycles. The lowest BCUT2D eigenvalue weighted by atomic mass is 9.86. The Morgan fingerprint density at radius 1 is 1.26 bits per heavy atom. The van der Waals surface area contributed by atoms with E-state index in [0.29, 0.717) is 5.76 Å². The number of aryl methyl sites for hydroxylation is 2. The number of furan rings is 1. The predicted octanol–water partition coefficient (Wildman–Crippen LogP) is 5.23. The number of carboxylic acids is 1. The summed E-state index contributed by atoms with van der Waals surface area (Å²) < 4.78 is 12.2. The highest BCUT2D eigenvalue weighted by Gasteiger charge is 2.21. The van der Waals surface area contributed by atoms with Crippen LogP contribution in [0.4, 0.5) is 0 Å². The summed E-state index contributed by atoms with van der Waals surface area (Å²) in [5, 5.41) is 8.99. The minimum atomic E-state index is -1.07. The van der Waals surface area contributed by atoms with Crippen LogP contribution in [-0.4, -0.2) is 11.1 Å². The van der Waals surface area contributed by atoms with E-state index in [1.165, 1.54) is 6.07 Å². The van der Waals surface area contributed by atoms with Crippen LogP contribution >= 0.6 is 15.9 Å². The number of benzene rings is 1. The maximum atomic E-state index is 11.0. The smallest absolute Gasteiger partial charge is 0.371 e. The van der Waals surface area contributed by atoms with Gasteiger partial charge >= 0.3 is 5.97 Å². The van der Waals surface area contributed by atoms with Crippen LogP contribution in [0.5, 0.6) is 5.75 Å². The summed E-state index contributed by atoms with van der Waals surface area (Å²) in [7, 11) is 0. The van der Waals surface area contributed by atoms with Crippen molar-refractivity contribution in [3.63, 3.8) is 0 Å². The highest BCUT2D eigenvalue weighted by Crippen LogP contribution is 2.36. The standard InChI is InChI=1S/C18H21BrO4/c1-10-6-15(13(8-14(10)19)18(3,4)5)22-9-12-7-16(17(20)21)23-11(12)2/h6-8H,9H2,1-5H3,(H,20,21). The third-order valence-electron chi connectivity index (χ3n) is 3.68. The van der Waals surface area contributed by atoms with Gasteiger partial charge in [0.2, 0.25) is 5.76 Å². The van der Waals surface area contributed by atoms with Gasteiger partial charge in [-0.15, -0.1) is 0 Å². The number of hydrogen-bond acceptors (Lipinski definition) is 3. The first-order chi connectivity index (χ1) is 10.6. The average molecular weight is 381 g/mol. The first-order valence-electron chi connectivity index (χ1n) is 7.35. The van der Waals surface area contributed by atoms with Gasteiger partial charge in [0, 0.05) is 15.6 Å². The molecule has 0 unspecified atom stereocenters. The SMILES string of the molecule is Cc1cc(OCc2cc(C(=O)O)oc2C)c(C(C)(C)C)cc1Br. The van der Waals surface area contributed by atoms with E-state index in [1.807, 2.05) is 13.0 Å². The first kappa shape index (κ1) is 17.6. The van der Waals surface area contributed by atoms with Gasteiger partial charge in [-0.1, -0.05) is 36.7 Å².